The average molecular weight is 696 g/mol. The van der Waals surface area contributed by atoms with E-state index in [1.165, 1.54) is 29.3 Å². The lowest BCUT2D eigenvalue weighted by Crippen LogP contribution is -2.53. The van der Waals surface area contributed by atoms with Crippen LogP contribution < -0.4 is 5.32 Å². The van der Waals surface area contributed by atoms with Crippen LogP contribution in [0.2, 0.25) is 0 Å². The summed E-state index contributed by atoms with van der Waals surface area (Å²) < 4.78 is 6.39. The third-order valence-electron chi connectivity index (χ3n) is 11.2. The number of nitrogens with one attached hydrogen (secondary N) is 1. The maximum Gasteiger partial charge on any atom is 0.169 e. The first-order chi connectivity index (χ1) is 24.7. The molecule has 2 aliphatic rings. The number of unbranched alkanes of at least 4 members (excludes halogenated alkanes) is 2. The van der Waals surface area contributed by atoms with Crippen LogP contribution in [-0.4, -0.2) is 55.5 Å². The Labute approximate surface area is 301 Å². The zero-order chi connectivity index (χ0) is 36.0. The van der Waals surface area contributed by atoms with Crippen LogP contribution in [0.1, 0.15) is 98.1 Å². The van der Waals surface area contributed by atoms with Crippen molar-refractivity contribution in [1.82, 2.24) is 5.32 Å². The van der Waals surface area contributed by atoms with Crippen LogP contribution in [0.25, 0.3) is 22.9 Å². The lowest BCUT2D eigenvalue weighted by Gasteiger charge is -2.48. The van der Waals surface area contributed by atoms with Gasteiger partial charge in [-0.15, -0.1) is 0 Å². The largest absolute Gasteiger partial charge is 0.507 e. The quantitative estimate of drug-likeness (QED) is 0.0421. The Morgan fingerprint density at radius 3 is 2.49 bits per heavy atom. The molecule has 6 rings (SSSR count). The molecular weight excluding hydrogens is 642 g/mol. The monoisotopic (exact) mass is 695 g/mol. The molecule has 1 spiro atoms. The fourth-order valence-corrected chi connectivity index (χ4v) is 8.32. The van der Waals surface area contributed by atoms with E-state index in [2.05, 4.69) is 30.4 Å². The predicted octanol–water partition coefficient (Wildman–Crippen LogP) is 8.25. The Kier molecular flexibility index (Phi) is 11.8. The molecule has 0 amide bonds. The average Bonchev–Trinajstić information content (AvgIpc) is 3.13. The summed E-state index contributed by atoms with van der Waals surface area (Å²) in [7, 11) is 0. The predicted molar refractivity (Wildman–Crippen MR) is 202 cm³/mol. The molecule has 1 aliphatic carbocycles. The Morgan fingerprint density at radius 1 is 0.824 bits per heavy atom. The van der Waals surface area contributed by atoms with Crippen molar-refractivity contribution >= 4 is 22.9 Å². The number of aliphatic hydroxyl groups is 1. The second-order valence-electron chi connectivity index (χ2n) is 14.5. The van der Waals surface area contributed by atoms with Gasteiger partial charge in [-0.25, -0.2) is 0 Å². The Hall–Kier alpha value is -4.24. The van der Waals surface area contributed by atoms with E-state index in [9.17, 15) is 30.6 Å². The van der Waals surface area contributed by atoms with E-state index in [0.717, 1.165) is 82.9 Å². The summed E-state index contributed by atoms with van der Waals surface area (Å²) >= 11 is 0. The maximum absolute atomic E-state index is 11.3. The summed E-state index contributed by atoms with van der Waals surface area (Å²) in [5.74, 6) is -0.990. The van der Waals surface area contributed by atoms with E-state index in [4.69, 9.17) is 4.74 Å². The zero-order valence-corrected chi connectivity index (χ0v) is 29.7. The van der Waals surface area contributed by atoms with Crippen molar-refractivity contribution < 1.29 is 35.4 Å². The minimum absolute atomic E-state index is 0.132. The SMILES string of the molecule is CCCCCc1cc(CCc2c(O)c(O)c3c(O)cccc3c2/C=C/c2ccc(O)c(O)c2)ccc1CN[C@@H]1CCO[C@]2(CCCC[C@H]2CO)C1. The molecule has 3 atom stereocenters. The van der Waals surface area contributed by atoms with Crippen LogP contribution in [0.4, 0.5) is 0 Å². The van der Waals surface area contributed by atoms with Crippen molar-refractivity contribution in [3.05, 3.63) is 88.0 Å². The van der Waals surface area contributed by atoms with E-state index in [0.29, 0.717) is 41.0 Å². The van der Waals surface area contributed by atoms with Crippen molar-refractivity contribution in [3.8, 4) is 28.7 Å². The molecule has 1 heterocycles. The van der Waals surface area contributed by atoms with Crippen molar-refractivity contribution in [2.45, 2.75) is 102 Å². The van der Waals surface area contributed by atoms with Crippen LogP contribution in [0.15, 0.2) is 54.6 Å². The van der Waals surface area contributed by atoms with Gasteiger partial charge in [0.1, 0.15) is 5.75 Å². The van der Waals surface area contributed by atoms with Gasteiger partial charge in [-0.05, 0) is 103 Å². The minimum Gasteiger partial charge on any atom is -0.507 e. The lowest BCUT2D eigenvalue weighted by atomic mass is 9.71. The second kappa shape index (κ2) is 16.4. The molecule has 7 N–H and O–H groups in total. The Morgan fingerprint density at radius 2 is 1.69 bits per heavy atom. The van der Waals surface area contributed by atoms with Crippen LogP contribution in [-0.2, 0) is 30.5 Å². The lowest BCUT2D eigenvalue weighted by molar-refractivity contribution is -0.152. The van der Waals surface area contributed by atoms with Crippen LogP contribution in [0.5, 0.6) is 28.7 Å². The van der Waals surface area contributed by atoms with Crippen molar-refractivity contribution in [2.24, 2.45) is 5.92 Å². The van der Waals surface area contributed by atoms with Gasteiger partial charge >= 0.3 is 0 Å². The summed E-state index contributed by atoms with van der Waals surface area (Å²) in [5, 5.41) is 67.5. The van der Waals surface area contributed by atoms with Gasteiger partial charge in [0.2, 0.25) is 0 Å². The summed E-state index contributed by atoms with van der Waals surface area (Å²) in [6, 6.07) is 16.5. The highest BCUT2D eigenvalue weighted by molar-refractivity contribution is 6.03. The number of aliphatic hydroxyl groups excluding tert-OH is 1. The number of ether oxygens (including phenoxy) is 1. The molecule has 0 bridgehead atoms. The molecule has 8 heteroatoms. The number of benzene rings is 4. The highest BCUT2D eigenvalue weighted by Crippen LogP contribution is 2.46. The highest BCUT2D eigenvalue weighted by atomic mass is 16.5. The molecule has 4 aromatic carbocycles. The molecule has 1 saturated carbocycles. The Bertz CT molecular complexity index is 1850. The second-order valence-corrected chi connectivity index (χ2v) is 14.5. The van der Waals surface area contributed by atoms with Gasteiger partial charge in [-0.1, -0.05) is 81.2 Å². The van der Waals surface area contributed by atoms with Gasteiger partial charge < -0.3 is 40.7 Å². The number of fused-ring (bicyclic) bond motifs is 1. The topological polar surface area (TPSA) is 143 Å². The number of aromatic hydroxyl groups is 5. The van der Waals surface area contributed by atoms with Gasteiger partial charge in [0, 0.05) is 37.3 Å². The molecule has 8 nitrogen and oxygen atoms in total. The molecule has 1 aliphatic heterocycles. The normalized spacial score (nSPS) is 20.8. The number of rotatable bonds is 13. The van der Waals surface area contributed by atoms with Gasteiger partial charge in [0.05, 0.1) is 11.0 Å². The Balaban J connectivity index is 1.24. The van der Waals surface area contributed by atoms with Crippen LogP contribution in [0.3, 0.4) is 0 Å². The fourth-order valence-electron chi connectivity index (χ4n) is 8.32. The molecule has 1 saturated heterocycles. The summed E-state index contributed by atoms with van der Waals surface area (Å²) in [6.45, 7) is 3.90. The smallest absolute Gasteiger partial charge is 0.169 e. The van der Waals surface area contributed by atoms with Crippen molar-refractivity contribution in [1.29, 1.82) is 0 Å². The van der Waals surface area contributed by atoms with Gasteiger partial charge in [-0.3, -0.25) is 0 Å². The number of aryl methyl sites for hydroxylation is 2. The van der Waals surface area contributed by atoms with Gasteiger partial charge in [0.25, 0.3) is 0 Å². The third-order valence-corrected chi connectivity index (χ3v) is 11.2. The number of hydrogen-bond acceptors (Lipinski definition) is 8. The van der Waals surface area contributed by atoms with Gasteiger partial charge in [0.15, 0.2) is 23.0 Å². The van der Waals surface area contributed by atoms with E-state index in [1.54, 1.807) is 24.3 Å². The van der Waals surface area contributed by atoms with E-state index >= 15 is 0 Å². The fraction of sp³-hybridized carbons (Fsp3) is 0.442. The third kappa shape index (κ3) is 8.14. The van der Waals surface area contributed by atoms with Crippen LogP contribution in [0, 0.1) is 5.92 Å². The van der Waals surface area contributed by atoms with E-state index < -0.39 is 0 Å². The number of phenols is 5. The molecule has 272 valence electrons. The molecule has 4 aromatic rings. The maximum atomic E-state index is 11.3. The first-order valence-electron chi connectivity index (χ1n) is 18.7. The first-order valence-corrected chi connectivity index (χ1v) is 18.7. The summed E-state index contributed by atoms with van der Waals surface area (Å²) in [6.07, 6.45) is 15.3. The summed E-state index contributed by atoms with van der Waals surface area (Å²) in [4.78, 5) is 0. The van der Waals surface area contributed by atoms with Crippen molar-refractivity contribution in [3.63, 3.8) is 0 Å². The van der Waals surface area contributed by atoms with E-state index in [-0.39, 0.29) is 52.3 Å². The van der Waals surface area contributed by atoms with E-state index in [1.807, 2.05) is 6.08 Å². The molecule has 0 radical (unpaired) electrons. The van der Waals surface area contributed by atoms with Crippen LogP contribution >= 0.6 is 0 Å². The molecule has 0 aromatic heterocycles. The van der Waals surface area contributed by atoms with Gasteiger partial charge in [-0.2, -0.15) is 0 Å². The minimum atomic E-state index is -0.354. The van der Waals surface area contributed by atoms with Crippen molar-refractivity contribution in [2.75, 3.05) is 13.2 Å². The summed E-state index contributed by atoms with van der Waals surface area (Å²) in [5.41, 5.74) is 5.39. The zero-order valence-electron chi connectivity index (χ0n) is 29.7. The first kappa shape index (κ1) is 36.5. The molecule has 0 unspecified atom stereocenters. The number of phenolic OH excluding ortho intramolecular Hbond substituents is 5. The molecular formula is C43H53NO7. The molecule has 51 heavy (non-hydrogen) atoms. The number of hydrogen-bond donors (Lipinski definition) is 7. The highest BCUT2D eigenvalue weighted by Gasteiger charge is 2.45. The standard InChI is InChI=1S/C43H53NO7/c1-2-3-4-8-30-23-28(12-16-31(30)26-44-33-20-22-51-43(25-33)21-6-5-9-32(43)27-45)14-18-36-34(17-13-29-15-19-37(46)39(48)24-29)35-10-7-11-38(47)40(35)42(50)41(36)49/h7,10-13,15-17,19,23-24,32-33,44-50H,2-6,8-9,14,18,20-22,25-27H2,1H3/b17-13+/t32-,33+,43+/m0/s1. The molecule has 2 fully saturated rings.